The quantitative estimate of drug-likeness (QED) is 0.479. The van der Waals surface area contributed by atoms with Gasteiger partial charge in [-0.1, -0.05) is 0 Å². The van der Waals surface area contributed by atoms with E-state index < -0.39 is 6.10 Å². The van der Waals surface area contributed by atoms with Gasteiger partial charge in [-0.05, 0) is 6.92 Å². The van der Waals surface area contributed by atoms with Gasteiger partial charge in [0.1, 0.15) is 24.4 Å². The zero-order valence-electron chi connectivity index (χ0n) is 7.51. The summed E-state index contributed by atoms with van der Waals surface area (Å²) in [4.78, 5) is 9.87. The Balaban J connectivity index is 1.87. The molecule has 0 aliphatic carbocycles. The van der Waals surface area contributed by atoms with Crippen LogP contribution in [0.3, 0.4) is 0 Å². The van der Waals surface area contributed by atoms with Crippen molar-refractivity contribution in [1.82, 2.24) is 0 Å². The summed E-state index contributed by atoms with van der Waals surface area (Å²) in [7, 11) is 0. The lowest BCUT2D eigenvalue weighted by Crippen LogP contribution is -2.32. The fourth-order valence-corrected chi connectivity index (χ4v) is 1.68. The molecule has 2 saturated heterocycles. The number of aliphatic hydroxyl groups is 1. The Bertz CT molecular complexity index is 174. The van der Waals surface area contributed by atoms with Crippen molar-refractivity contribution in [1.29, 1.82) is 0 Å². The van der Waals surface area contributed by atoms with Crippen molar-refractivity contribution in [2.45, 2.75) is 31.3 Å². The third kappa shape index (κ3) is 1.70. The molecule has 0 spiro atoms. The van der Waals surface area contributed by atoms with Gasteiger partial charge in [0.15, 0.2) is 0 Å². The lowest BCUT2D eigenvalue weighted by Gasteiger charge is -2.14. The molecule has 5 heteroatoms. The van der Waals surface area contributed by atoms with Crippen LogP contribution in [0, 0.1) is 0 Å². The monoisotopic (exact) mass is 190 g/mol. The van der Waals surface area contributed by atoms with Crippen LogP contribution < -0.4 is 0 Å². The molecule has 0 radical (unpaired) electrons. The zero-order chi connectivity index (χ0) is 9.26. The molecule has 3 unspecified atom stereocenters. The Kier molecular flexibility index (Phi) is 2.80. The fraction of sp³-hybridized carbons (Fsp3) is 1.00. The fourth-order valence-electron chi connectivity index (χ4n) is 1.68. The van der Waals surface area contributed by atoms with Gasteiger partial charge in [-0.2, -0.15) is 0 Å². The predicted molar refractivity (Wildman–Crippen MR) is 42.0 cm³/mol. The molecule has 2 heterocycles. The number of rotatable bonds is 3. The average molecular weight is 190 g/mol. The minimum Gasteiger partial charge on any atom is -0.388 e. The largest absolute Gasteiger partial charge is 0.388 e. The third-order valence-corrected chi connectivity index (χ3v) is 2.29. The topological polar surface area (TPSA) is 57.2 Å². The van der Waals surface area contributed by atoms with Crippen molar-refractivity contribution >= 4 is 0 Å². The van der Waals surface area contributed by atoms with Gasteiger partial charge >= 0.3 is 0 Å². The first kappa shape index (κ1) is 9.36. The smallest absolute Gasteiger partial charge is 0.145 e. The van der Waals surface area contributed by atoms with Crippen molar-refractivity contribution in [2.24, 2.45) is 0 Å². The maximum absolute atomic E-state index is 9.40. The summed E-state index contributed by atoms with van der Waals surface area (Å²) in [6, 6.07) is 0. The third-order valence-electron chi connectivity index (χ3n) is 2.29. The van der Waals surface area contributed by atoms with E-state index in [-0.39, 0.29) is 18.3 Å². The highest BCUT2D eigenvalue weighted by molar-refractivity contribution is 4.94. The normalized spacial score (nSPS) is 43.8. The summed E-state index contributed by atoms with van der Waals surface area (Å²) in [6.45, 7) is 3.09. The summed E-state index contributed by atoms with van der Waals surface area (Å²) in [6.07, 6.45) is -1.16. The molecule has 0 saturated carbocycles. The summed E-state index contributed by atoms with van der Waals surface area (Å²) in [5.41, 5.74) is 0. The van der Waals surface area contributed by atoms with Crippen LogP contribution in [0.4, 0.5) is 0 Å². The molecule has 4 atom stereocenters. The van der Waals surface area contributed by atoms with Crippen molar-refractivity contribution in [3.63, 3.8) is 0 Å². The van der Waals surface area contributed by atoms with E-state index in [9.17, 15) is 5.11 Å². The minimum atomic E-state index is -0.528. The second-order valence-electron chi connectivity index (χ2n) is 3.20. The molecule has 0 bridgehead atoms. The highest BCUT2D eigenvalue weighted by Gasteiger charge is 2.48. The van der Waals surface area contributed by atoms with Crippen LogP contribution in [0.25, 0.3) is 0 Å². The van der Waals surface area contributed by atoms with E-state index in [2.05, 4.69) is 0 Å². The molecule has 0 aromatic heterocycles. The lowest BCUT2D eigenvalue weighted by atomic mass is 10.1. The zero-order valence-corrected chi connectivity index (χ0v) is 7.51. The predicted octanol–water partition coefficient (Wildman–Crippen LogP) is -0.518. The van der Waals surface area contributed by atoms with Crippen LogP contribution in [0.2, 0.25) is 0 Å². The van der Waals surface area contributed by atoms with E-state index in [1.54, 1.807) is 0 Å². The summed E-state index contributed by atoms with van der Waals surface area (Å²) in [5.74, 6) is 0. The number of fused-ring (bicyclic) bond motifs is 1. The van der Waals surface area contributed by atoms with Gasteiger partial charge in [0, 0.05) is 0 Å². The minimum absolute atomic E-state index is 0.179. The first-order valence-corrected chi connectivity index (χ1v) is 4.52. The van der Waals surface area contributed by atoms with Gasteiger partial charge in [-0.25, -0.2) is 9.78 Å². The first-order valence-electron chi connectivity index (χ1n) is 4.52. The van der Waals surface area contributed by atoms with Crippen molar-refractivity contribution in [2.75, 3.05) is 19.8 Å². The Hall–Kier alpha value is -0.200. The molecule has 1 N–H and O–H groups in total. The maximum Gasteiger partial charge on any atom is 0.145 e. The number of aliphatic hydroxyl groups excluding tert-OH is 1. The number of hydrogen-bond donors (Lipinski definition) is 1. The van der Waals surface area contributed by atoms with E-state index in [4.69, 9.17) is 19.2 Å². The molecule has 0 aromatic carbocycles. The molecule has 0 amide bonds. The standard InChI is InChI=1S/C8H14O5/c1-2-12-13-6-4-11-7-5(9)3-10-8(6)7/h5-9H,2-4H2,1H3/t5?,6-,7?,8?/m0/s1. The summed E-state index contributed by atoms with van der Waals surface area (Å²) >= 11 is 0. The molecule has 5 nitrogen and oxygen atoms in total. The van der Waals surface area contributed by atoms with Crippen LogP contribution in [-0.4, -0.2) is 49.3 Å². The lowest BCUT2D eigenvalue weighted by molar-refractivity contribution is -0.330. The van der Waals surface area contributed by atoms with Gasteiger partial charge in [0.2, 0.25) is 0 Å². The van der Waals surface area contributed by atoms with Gasteiger partial charge in [0.05, 0.1) is 19.8 Å². The Labute approximate surface area is 76.5 Å². The van der Waals surface area contributed by atoms with Crippen LogP contribution >= 0.6 is 0 Å². The highest BCUT2D eigenvalue weighted by atomic mass is 17.2. The average Bonchev–Trinajstić information content (AvgIpc) is 2.67. The van der Waals surface area contributed by atoms with Gasteiger partial charge in [0.25, 0.3) is 0 Å². The second kappa shape index (κ2) is 3.89. The molecule has 0 aromatic rings. The molecule has 13 heavy (non-hydrogen) atoms. The Morgan fingerprint density at radius 1 is 1.31 bits per heavy atom. The summed E-state index contributed by atoms with van der Waals surface area (Å²) in [5, 5.41) is 9.40. The Morgan fingerprint density at radius 3 is 2.85 bits per heavy atom. The van der Waals surface area contributed by atoms with Gasteiger partial charge in [-0.15, -0.1) is 0 Å². The van der Waals surface area contributed by atoms with E-state index in [0.717, 1.165) is 0 Å². The molecule has 2 fully saturated rings. The van der Waals surface area contributed by atoms with E-state index >= 15 is 0 Å². The van der Waals surface area contributed by atoms with Crippen LogP contribution in [0.5, 0.6) is 0 Å². The van der Waals surface area contributed by atoms with Gasteiger partial charge < -0.3 is 14.6 Å². The van der Waals surface area contributed by atoms with E-state index in [0.29, 0.717) is 19.8 Å². The van der Waals surface area contributed by atoms with Crippen LogP contribution in [-0.2, 0) is 19.2 Å². The van der Waals surface area contributed by atoms with Crippen molar-refractivity contribution in [3.05, 3.63) is 0 Å². The SMILES string of the molecule is CCOO[C@H]1COC2C(O)COC21. The molecular weight excluding hydrogens is 176 g/mol. The number of ether oxygens (including phenoxy) is 2. The molecule has 2 aliphatic rings. The van der Waals surface area contributed by atoms with E-state index in [1.807, 2.05) is 6.92 Å². The van der Waals surface area contributed by atoms with Crippen molar-refractivity contribution in [3.8, 4) is 0 Å². The highest BCUT2D eigenvalue weighted by Crippen LogP contribution is 2.28. The molecular formula is C8H14O5. The summed E-state index contributed by atoms with van der Waals surface area (Å²) < 4.78 is 10.6. The molecule has 76 valence electrons. The van der Waals surface area contributed by atoms with Crippen LogP contribution in [0.15, 0.2) is 0 Å². The first-order chi connectivity index (χ1) is 6.33. The molecule has 2 aliphatic heterocycles. The maximum atomic E-state index is 9.40. The molecule has 2 rings (SSSR count). The number of hydrogen-bond acceptors (Lipinski definition) is 5. The second-order valence-corrected chi connectivity index (χ2v) is 3.20. The van der Waals surface area contributed by atoms with Crippen LogP contribution in [0.1, 0.15) is 6.92 Å². The van der Waals surface area contributed by atoms with Gasteiger partial charge in [-0.3, -0.25) is 0 Å². The van der Waals surface area contributed by atoms with E-state index in [1.165, 1.54) is 0 Å². The Morgan fingerprint density at radius 2 is 2.08 bits per heavy atom. The van der Waals surface area contributed by atoms with Crippen molar-refractivity contribution < 1.29 is 24.4 Å².